The van der Waals surface area contributed by atoms with Crippen LogP contribution in [0, 0.1) is 0 Å². The lowest BCUT2D eigenvalue weighted by Crippen LogP contribution is -2.27. The molecule has 0 aliphatic carbocycles. The lowest BCUT2D eigenvalue weighted by Gasteiger charge is -2.23. The molecule has 2 aromatic carbocycles. The second kappa shape index (κ2) is 7.24. The van der Waals surface area contributed by atoms with Crippen LogP contribution in [0.25, 0.3) is 0 Å². The smallest absolute Gasteiger partial charge is 0.0112 e. The summed E-state index contributed by atoms with van der Waals surface area (Å²) < 4.78 is 0. The van der Waals surface area contributed by atoms with Crippen LogP contribution >= 0.6 is 15.9 Å². The van der Waals surface area contributed by atoms with E-state index < -0.39 is 0 Å². The summed E-state index contributed by atoms with van der Waals surface area (Å²) in [4.78, 5) is 2.62. The van der Waals surface area contributed by atoms with Crippen LogP contribution in [0.3, 0.4) is 0 Å². The minimum absolute atomic E-state index is 0.584. The largest absolute Gasteiger partial charge is 0.302 e. The molecule has 2 aromatic rings. The molecule has 0 bridgehead atoms. The molecule has 1 fully saturated rings. The Morgan fingerprint density at radius 3 is 2.33 bits per heavy atom. The second-order valence-corrected chi connectivity index (χ2v) is 6.57. The average Bonchev–Trinajstić information content (AvgIpc) is 3.03. The summed E-state index contributed by atoms with van der Waals surface area (Å²) in [6, 6.07) is 21.8. The standard InChI is InChI=1S/C19H22BrN/c20-13-19(17-9-5-2-6-10-17)15-21-12-11-18(14-21)16-7-3-1-4-8-16/h1-10,18-19H,11-15H2. The molecule has 1 nitrogen and oxygen atoms in total. The van der Waals surface area contributed by atoms with Crippen LogP contribution in [0.15, 0.2) is 60.7 Å². The van der Waals surface area contributed by atoms with Crippen LogP contribution in [0.5, 0.6) is 0 Å². The van der Waals surface area contributed by atoms with Gasteiger partial charge in [0.2, 0.25) is 0 Å². The van der Waals surface area contributed by atoms with E-state index in [0.29, 0.717) is 11.8 Å². The average molecular weight is 344 g/mol. The molecule has 3 rings (SSSR count). The predicted molar refractivity (Wildman–Crippen MR) is 93.2 cm³/mol. The Hall–Kier alpha value is -1.12. The molecule has 0 spiro atoms. The number of halogens is 1. The SMILES string of the molecule is BrCC(CN1CCC(c2ccccc2)C1)c1ccccc1. The van der Waals surface area contributed by atoms with Crippen molar-refractivity contribution in [2.75, 3.05) is 25.0 Å². The summed E-state index contributed by atoms with van der Waals surface area (Å²) in [6.45, 7) is 3.56. The highest BCUT2D eigenvalue weighted by Gasteiger charge is 2.25. The molecule has 21 heavy (non-hydrogen) atoms. The van der Waals surface area contributed by atoms with E-state index in [1.54, 1.807) is 0 Å². The normalized spacial score (nSPS) is 20.5. The fourth-order valence-electron chi connectivity index (χ4n) is 3.28. The summed E-state index contributed by atoms with van der Waals surface area (Å²) in [5.41, 5.74) is 2.94. The number of alkyl halides is 1. The maximum absolute atomic E-state index is 3.69. The Balaban J connectivity index is 1.61. The summed E-state index contributed by atoms with van der Waals surface area (Å²) in [5, 5.41) is 1.03. The van der Waals surface area contributed by atoms with E-state index in [-0.39, 0.29) is 0 Å². The Morgan fingerprint density at radius 1 is 1.00 bits per heavy atom. The fourth-order valence-corrected chi connectivity index (χ4v) is 3.85. The van der Waals surface area contributed by atoms with Gasteiger partial charge in [-0.25, -0.2) is 0 Å². The molecular weight excluding hydrogens is 322 g/mol. The molecule has 2 atom stereocenters. The maximum Gasteiger partial charge on any atom is 0.0112 e. The van der Waals surface area contributed by atoms with Crippen molar-refractivity contribution in [2.24, 2.45) is 0 Å². The molecule has 110 valence electrons. The van der Waals surface area contributed by atoms with Crippen molar-refractivity contribution in [2.45, 2.75) is 18.3 Å². The van der Waals surface area contributed by atoms with E-state index in [0.717, 1.165) is 11.9 Å². The van der Waals surface area contributed by atoms with Gasteiger partial charge in [-0.2, -0.15) is 0 Å². The van der Waals surface area contributed by atoms with E-state index in [1.807, 2.05) is 0 Å². The number of hydrogen-bond donors (Lipinski definition) is 0. The van der Waals surface area contributed by atoms with Crippen LogP contribution in [-0.2, 0) is 0 Å². The lowest BCUT2D eigenvalue weighted by molar-refractivity contribution is 0.318. The molecule has 0 saturated carbocycles. The van der Waals surface area contributed by atoms with Gasteiger partial charge in [0.25, 0.3) is 0 Å². The number of benzene rings is 2. The van der Waals surface area contributed by atoms with Crippen molar-refractivity contribution < 1.29 is 0 Å². The zero-order valence-corrected chi connectivity index (χ0v) is 13.9. The van der Waals surface area contributed by atoms with Gasteiger partial charge in [-0.1, -0.05) is 76.6 Å². The van der Waals surface area contributed by atoms with Gasteiger partial charge < -0.3 is 4.90 Å². The number of hydrogen-bond acceptors (Lipinski definition) is 1. The van der Waals surface area contributed by atoms with Gasteiger partial charge in [0, 0.05) is 24.3 Å². The molecular formula is C19H22BrN. The Morgan fingerprint density at radius 2 is 1.67 bits per heavy atom. The van der Waals surface area contributed by atoms with E-state index in [2.05, 4.69) is 81.5 Å². The molecule has 0 N–H and O–H groups in total. The molecule has 2 heteroatoms. The number of rotatable bonds is 5. The third-order valence-electron chi connectivity index (χ3n) is 4.48. The van der Waals surface area contributed by atoms with Gasteiger partial charge >= 0.3 is 0 Å². The monoisotopic (exact) mass is 343 g/mol. The van der Waals surface area contributed by atoms with Gasteiger partial charge in [0.05, 0.1) is 0 Å². The first-order valence-electron chi connectivity index (χ1n) is 7.75. The molecule has 0 amide bonds. The molecule has 1 aliphatic rings. The first-order valence-corrected chi connectivity index (χ1v) is 8.87. The van der Waals surface area contributed by atoms with Crippen molar-refractivity contribution in [1.82, 2.24) is 4.90 Å². The lowest BCUT2D eigenvalue weighted by atomic mass is 9.98. The minimum Gasteiger partial charge on any atom is -0.302 e. The highest BCUT2D eigenvalue weighted by molar-refractivity contribution is 9.09. The van der Waals surface area contributed by atoms with Crippen LogP contribution in [0.2, 0.25) is 0 Å². The molecule has 1 aliphatic heterocycles. The van der Waals surface area contributed by atoms with Crippen molar-refractivity contribution in [3.05, 3.63) is 71.8 Å². The van der Waals surface area contributed by atoms with Crippen LogP contribution in [0.4, 0.5) is 0 Å². The highest BCUT2D eigenvalue weighted by Crippen LogP contribution is 2.29. The third-order valence-corrected chi connectivity index (χ3v) is 5.26. The quantitative estimate of drug-likeness (QED) is 0.714. The number of likely N-dealkylation sites (tertiary alicyclic amines) is 1. The summed E-state index contributed by atoms with van der Waals surface area (Å²) in [7, 11) is 0. The Bertz CT molecular complexity index is 540. The van der Waals surface area contributed by atoms with Crippen molar-refractivity contribution in [3.63, 3.8) is 0 Å². The van der Waals surface area contributed by atoms with Crippen molar-refractivity contribution >= 4 is 15.9 Å². The zero-order chi connectivity index (χ0) is 14.5. The third kappa shape index (κ3) is 3.75. The molecule has 0 aromatic heterocycles. The van der Waals surface area contributed by atoms with E-state index in [9.17, 15) is 0 Å². The molecule has 1 saturated heterocycles. The van der Waals surface area contributed by atoms with Gasteiger partial charge in [-0.15, -0.1) is 0 Å². The van der Waals surface area contributed by atoms with Crippen molar-refractivity contribution in [3.8, 4) is 0 Å². The number of nitrogens with zero attached hydrogens (tertiary/aromatic N) is 1. The van der Waals surface area contributed by atoms with Gasteiger partial charge in [-0.3, -0.25) is 0 Å². The highest BCUT2D eigenvalue weighted by atomic mass is 79.9. The van der Waals surface area contributed by atoms with Crippen LogP contribution in [0.1, 0.15) is 29.4 Å². The van der Waals surface area contributed by atoms with E-state index in [1.165, 1.54) is 30.6 Å². The summed E-state index contributed by atoms with van der Waals surface area (Å²) >= 11 is 3.69. The summed E-state index contributed by atoms with van der Waals surface area (Å²) in [6.07, 6.45) is 1.29. The van der Waals surface area contributed by atoms with Gasteiger partial charge in [0.1, 0.15) is 0 Å². The first kappa shape index (κ1) is 14.8. The topological polar surface area (TPSA) is 3.24 Å². The summed E-state index contributed by atoms with van der Waals surface area (Å²) in [5.74, 6) is 1.29. The first-order chi connectivity index (χ1) is 10.4. The minimum atomic E-state index is 0.584. The van der Waals surface area contributed by atoms with Crippen LogP contribution < -0.4 is 0 Å². The van der Waals surface area contributed by atoms with Crippen molar-refractivity contribution in [1.29, 1.82) is 0 Å². The molecule has 2 unspecified atom stereocenters. The van der Waals surface area contributed by atoms with E-state index in [4.69, 9.17) is 0 Å². The van der Waals surface area contributed by atoms with Gasteiger partial charge in [0.15, 0.2) is 0 Å². The molecule has 1 heterocycles. The zero-order valence-electron chi connectivity index (χ0n) is 12.3. The Labute approximate surface area is 136 Å². The van der Waals surface area contributed by atoms with Gasteiger partial charge in [-0.05, 0) is 30.0 Å². The second-order valence-electron chi connectivity index (χ2n) is 5.92. The predicted octanol–water partition coefficient (Wildman–Crippen LogP) is 4.65. The van der Waals surface area contributed by atoms with E-state index >= 15 is 0 Å². The van der Waals surface area contributed by atoms with Crippen LogP contribution in [-0.4, -0.2) is 29.9 Å². The Kier molecular flexibility index (Phi) is 5.10. The maximum atomic E-state index is 3.69. The fraction of sp³-hybridized carbons (Fsp3) is 0.368. The molecule has 0 radical (unpaired) electrons.